The fraction of sp³-hybridized carbons (Fsp3) is 0.522. The molecule has 0 radical (unpaired) electrons. The van der Waals surface area contributed by atoms with Crippen molar-refractivity contribution in [3.63, 3.8) is 0 Å². The normalized spacial score (nSPS) is 26.8. The van der Waals surface area contributed by atoms with Crippen LogP contribution in [0, 0.1) is 5.92 Å². The summed E-state index contributed by atoms with van der Waals surface area (Å²) >= 11 is 0. The summed E-state index contributed by atoms with van der Waals surface area (Å²) in [5.41, 5.74) is 2.41. The first kappa shape index (κ1) is 22.1. The van der Waals surface area contributed by atoms with E-state index in [1.165, 1.54) is 4.90 Å². The highest BCUT2D eigenvalue weighted by molar-refractivity contribution is 5.98. The van der Waals surface area contributed by atoms with Crippen LogP contribution in [0.4, 0.5) is 4.39 Å². The molecule has 3 aliphatic rings. The van der Waals surface area contributed by atoms with Crippen LogP contribution in [0.5, 0.6) is 0 Å². The SMILES string of the molecule is CCC(=O)c1cccc2c1CN(C(=O)C[C@@H]1C[C@@H](C(=O)N3CC(F)C[C@H]3C=O)NC1=O)C2. The number of hydrogen-bond acceptors (Lipinski definition) is 5. The third kappa shape index (κ3) is 4.03. The molecular weight excluding hydrogens is 417 g/mol. The second kappa shape index (κ2) is 8.80. The summed E-state index contributed by atoms with van der Waals surface area (Å²) in [5, 5.41) is 2.60. The number of carbonyl (C=O) groups is 5. The van der Waals surface area contributed by atoms with E-state index >= 15 is 0 Å². The van der Waals surface area contributed by atoms with Crippen molar-refractivity contribution in [1.82, 2.24) is 15.1 Å². The fourth-order valence-corrected chi connectivity index (χ4v) is 4.86. The summed E-state index contributed by atoms with van der Waals surface area (Å²) < 4.78 is 13.7. The molecule has 1 aromatic carbocycles. The van der Waals surface area contributed by atoms with Crippen molar-refractivity contribution in [1.29, 1.82) is 0 Å². The van der Waals surface area contributed by atoms with E-state index in [1.54, 1.807) is 17.9 Å². The van der Waals surface area contributed by atoms with Gasteiger partial charge in [-0.1, -0.05) is 25.1 Å². The molecule has 0 saturated carbocycles. The van der Waals surface area contributed by atoms with Gasteiger partial charge in [0.1, 0.15) is 18.5 Å². The Morgan fingerprint density at radius 1 is 1.22 bits per heavy atom. The number of fused-ring (bicyclic) bond motifs is 1. The van der Waals surface area contributed by atoms with E-state index < -0.39 is 36.0 Å². The molecule has 4 atom stereocenters. The number of nitrogens with one attached hydrogen (secondary N) is 1. The van der Waals surface area contributed by atoms with Crippen molar-refractivity contribution in [3.8, 4) is 0 Å². The smallest absolute Gasteiger partial charge is 0.245 e. The molecule has 3 aliphatic heterocycles. The van der Waals surface area contributed by atoms with Crippen molar-refractivity contribution in [2.24, 2.45) is 5.92 Å². The van der Waals surface area contributed by atoms with Gasteiger partial charge in [-0.3, -0.25) is 19.2 Å². The first-order valence-corrected chi connectivity index (χ1v) is 10.9. The quantitative estimate of drug-likeness (QED) is 0.525. The first-order chi connectivity index (χ1) is 15.3. The average molecular weight is 443 g/mol. The third-order valence-electron chi connectivity index (χ3n) is 6.62. The lowest BCUT2D eigenvalue weighted by atomic mass is 9.99. The first-order valence-electron chi connectivity index (χ1n) is 10.9. The largest absolute Gasteiger partial charge is 0.344 e. The fourth-order valence-electron chi connectivity index (χ4n) is 4.86. The number of rotatable bonds is 6. The molecule has 3 amide bonds. The van der Waals surface area contributed by atoms with Gasteiger partial charge in [-0.2, -0.15) is 0 Å². The van der Waals surface area contributed by atoms with Crippen LogP contribution in [0.1, 0.15) is 54.1 Å². The number of Topliss-reactive ketones (excluding diaryl/α,β-unsaturated/α-hetero) is 1. The number of benzene rings is 1. The monoisotopic (exact) mass is 443 g/mol. The summed E-state index contributed by atoms with van der Waals surface area (Å²) in [4.78, 5) is 64.2. The predicted molar refractivity (Wildman–Crippen MR) is 111 cm³/mol. The van der Waals surface area contributed by atoms with Crippen LogP contribution in [-0.4, -0.2) is 64.4 Å². The Kier molecular flexibility index (Phi) is 6.08. The zero-order chi connectivity index (χ0) is 23.0. The van der Waals surface area contributed by atoms with E-state index in [9.17, 15) is 28.4 Å². The van der Waals surface area contributed by atoms with Gasteiger partial charge in [-0.05, 0) is 17.5 Å². The highest BCUT2D eigenvalue weighted by Crippen LogP contribution is 2.30. The van der Waals surface area contributed by atoms with Gasteiger partial charge in [-0.25, -0.2) is 4.39 Å². The number of likely N-dealkylation sites (tertiary alicyclic amines) is 1. The van der Waals surface area contributed by atoms with E-state index in [2.05, 4.69) is 5.32 Å². The van der Waals surface area contributed by atoms with Gasteiger partial charge >= 0.3 is 0 Å². The Balaban J connectivity index is 1.38. The minimum Gasteiger partial charge on any atom is -0.344 e. The molecule has 1 aromatic rings. The Labute approximate surface area is 185 Å². The summed E-state index contributed by atoms with van der Waals surface area (Å²) in [7, 11) is 0. The van der Waals surface area contributed by atoms with Gasteiger partial charge in [0.15, 0.2) is 5.78 Å². The summed E-state index contributed by atoms with van der Waals surface area (Å²) in [5.74, 6) is -1.75. The van der Waals surface area contributed by atoms with Crippen LogP contribution in [-0.2, 0) is 32.3 Å². The van der Waals surface area contributed by atoms with Gasteiger partial charge < -0.3 is 19.9 Å². The van der Waals surface area contributed by atoms with Crippen molar-refractivity contribution in [2.45, 2.75) is 64.0 Å². The second-order valence-corrected chi connectivity index (χ2v) is 8.69. The number of aldehydes is 1. The van der Waals surface area contributed by atoms with Crippen molar-refractivity contribution >= 4 is 29.8 Å². The lowest BCUT2D eigenvalue weighted by Gasteiger charge is -2.23. The highest BCUT2D eigenvalue weighted by Gasteiger charge is 2.44. The second-order valence-electron chi connectivity index (χ2n) is 8.69. The molecule has 1 unspecified atom stereocenters. The van der Waals surface area contributed by atoms with Crippen LogP contribution in [0.3, 0.4) is 0 Å². The summed E-state index contributed by atoms with van der Waals surface area (Å²) in [6, 6.07) is 3.79. The molecule has 1 N–H and O–H groups in total. The van der Waals surface area contributed by atoms with Gasteiger partial charge in [0.25, 0.3) is 0 Å². The Morgan fingerprint density at radius 2 is 2.00 bits per heavy atom. The van der Waals surface area contributed by atoms with Gasteiger partial charge in [0.2, 0.25) is 17.7 Å². The maximum atomic E-state index is 13.7. The molecule has 2 fully saturated rings. The predicted octanol–water partition coefficient (Wildman–Crippen LogP) is 1.15. The average Bonchev–Trinajstić information content (AvgIpc) is 3.48. The minimum atomic E-state index is -1.26. The molecule has 9 heteroatoms. The van der Waals surface area contributed by atoms with Gasteiger partial charge in [0, 0.05) is 43.8 Å². The number of hydrogen-bond donors (Lipinski definition) is 1. The van der Waals surface area contributed by atoms with Crippen LogP contribution in [0.2, 0.25) is 0 Å². The van der Waals surface area contributed by atoms with Crippen LogP contribution in [0.15, 0.2) is 18.2 Å². The molecule has 32 heavy (non-hydrogen) atoms. The third-order valence-corrected chi connectivity index (χ3v) is 6.62. The molecule has 0 bridgehead atoms. The Bertz CT molecular complexity index is 980. The maximum absolute atomic E-state index is 13.7. The highest BCUT2D eigenvalue weighted by atomic mass is 19.1. The number of nitrogens with zero attached hydrogens (tertiary/aromatic N) is 2. The minimum absolute atomic E-state index is 0.0266. The molecule has 0 aromatic heterocycles. The molecule has 170 valence electrons. The van der Waals surface area contributed by atoms with E-state index in [1.807, 2.05) is 12.1 Å². The topological polar surface area (TPSA) is 104 Å². The molecule has 8 nitrogen and oxygen atoms in total. The van der Waals surface area contributed by atoms with E-state index in [0.717, 1.165) is 11.1 Å². The zero-order valence-electron chi connectivity index (χ0n) is 17.9. The summed E-state index contributed by atoms with van der Waals surface area (Å²) in [6.45, 7) is 2.33. The van der Waals surface area contributed by atoms with E-state index in [4.69, 9.17) is 0 Å². The van der Waals surface area contributed by atoms with Crippen LogP contribution in [0.25, 0.3) is 0 Å². The molecule has 3 heterocycles. The van der Waals surface area contributed by atoms with Crippen LogP contribution >= 0.6 is 0 Å². The standard InChI is InChI=1S/C23H26FN3O5/c1-2-20(29)17-5-3-4-13-9-26(11-18(13)17)21(30)7-14-6-19(25-22(14)31)23(32)27-10-15(24)8-16(27)12-28/h3-5,12,14-16,19H,2,6-11H2,1H3,(H,25,31)/t14-,15?,16-,19-/m0/s1. The number of amides is 3. The lowest BCUT2D eigenvalue weighted by Crippen LogP contribution is -2.47. The van der Waals surface area contributed by atoms with Gasteiger partial charge in [0.05, 0.1) is 12.6 Å². The molecule has 2 saturated heterocycles. The number of ketones is 1. The van der Waals surface area contributed by atoms with Crippen molar-refractivity contribution < 1.29 is 28.4 Å². The van der Waals surface area contributed by atoms with E-state index in [-0.39, 0.29) is 37.5 Å². The van der Waals surface area contributed by atoms with Gasteiger partial charge in [-0.15, -0.1) is 0 Å². The van der Waals surface area contributed by atoms with Crippen molar-refractivity contribution in [3.05, 3.63) is 34.9 Å². The Hall–Kier alpha value is -3.10. The molecule has 0 aliphatic carbocycles. The maximum Gasteiger partial charge on any atom is 0.245 e. The Morgan fingerprint density at radius 3 is 2.72 bits per heavy atom. The zero-order valence-corrected chi connectivity index (χ0v) is 17.9. The molecular formula is C23H26FN3O5. The summed E-state index contributed by atoms with van der Waals surface area (Å²) in [6.07, 6.45) is -0.280. The molecule has 0 spiro atoms. The van der Waals surface area contributed by atoms with Crippen LogP contribution < -0.4 is 5.32 Å². The number of carbonyl (C=O) groups excluding carboxylic acids is 5. The lowest BCUT2D eigenvalue weighted by molar-refractivity contribution is -0.137. The van der Waals surface area contributed by atoms with Crippen molar-refractivity contribution in [2.75, 3.05) is 6.54 Å². The number of halogens is 1. The number of alkyl halides is 1. The van der Waals surface area contributed by atoms with E-state index in [0.29, 0.717) is 31.4 Å². The molecule has 4 rings (SSSR count).